The van der Waals surface area contributed by atoms with E-state index in [4.69, 9.17) is 0 Å². The van der Waals surface area contributed by atoms with Crippen LogP contribution in [0.5, 0.6) is 0 Å². The first-order chi connectivity index (χ1) is 14.3. The molecule has 0 unspecified atom stereocenters. The smallest absolute Gasteiger partial charge is 0.266 e. The number of aromatic nitrogens is 4. The van der Waals surface area contributed by atoms with Crippen LogP contribution in [0, 0.1) is 40.9 Å². The van der Waals surface area contributed by atoms with Gasteiger partial charge in [0.2, 0.25) is 0 Å². The van der Waals surface area contributed by atoms with Gasteiger partial charge in [0.25, 0.3) is 6.43 Å². The molecule has 30 heavy (non-hydrogen) atoms. The predicted molar refractivity (Wildman–Crippen MR) is 109 cm³/mol. The maximum absolute atomic E-state index is 13.4. The fourth-order valence-corrected chi connectivity index (χ4v) is 8.33. The summed E-state index contributed by atoms with van der Waals surface area (Å²) < 4.78 is 26.8. The average molecular weight is 421 g/mol. The summed E-state index contributed by atoms with van der Waals surface area (Å²) in [6, 6.07) is 0. The first-order valence-electron chi connectivity index (χ1n) is 11.7. The molecule has 0 saturated heterocycles. The largest absolute Gasteiger partial charge is 0.384 e. The van der Waals surface area contributed by atoms with Crippen LogP contribution in [0.3, 0.4) is 0 Å². The van der Waals surface area contributed by atoms with Gasteiger partial charge in [-0.25, -0.2) is 8.78 Å². The molecule has 0 radical (unpaired) electrons. The van der Waals surface area contributed by atoms with Crippen LogP contribution in [0.4, 0.5) is 8.78 Å². The van der Waals surface area contributed by atoms with Crippen LogP contribution in [0.15, 0.2) is 18.5 Å². The molecule has 7 heteroatoms. The van der Waals surface area contributed by atoms with Crippen molar-refractivity contribution in [2.45, 2.75) is 83.3 Å². The van der Waals surface area contributed by atoms with E-state index in [1.54, 1.807) is 4.80 Å². The van der Waals surface area contributed by atoms with Gasteiger partial charge in [-0.1, -0.05) is 19.1 Å². The number of tetrazole rings is 1. The molecule has 8 atom stereocenters. The standard InChI is InChI=1S/C23H34F2N4O/c1-14(12-29-27-13-26-28-29)19-5-6-20-18-4-3-15-11-23(30,21(24)25)10-8-16(15)17(18)7-9-22(19,20)2/h13,15-21,30H,1,3-12H2,2H3/t15-,16+,17-,18-,19-,20+,22-,23+/m1/s1. The lowest BCUT2D eigenvalue weighted by molar-refractivity contribution is -0.159. The summed E-state index contributed by atoms with van der Waals surface area (Å²) in [4.78, 5) is 1.63. The molecule has 5 rings (SSSR count). The third kappa shape index (κ3) is 3.14. The maximum Gasteiger partial charge on any atom is 0.266 e. The van der Waals surface area contributed by atoms with Gasteiger partial charge in [-0.2, -0.15) is 4.80 Å². The Bertz CT molecular complexity index is 786. The zero-order valence-corrected chi connectivity index (χ0v) is 17.9. The Hall–Kier alpha value is -1.37. The molecule has 0 aliphatic heterocycles. The maximum atomic E-state index is 13.4. The predicted octanol–water partition coefficient (Wildman–Crippen LogP) is 4.49. The zero-order valence-electron chi connectivity index (χ0n) is 17.9. The van der Waals surface area contributed by atoms with Crippen molar-refractivity contribution < 1.29 is 13.9 Å². The van der Waals surface area contributed by atoms with E-state index in [-0.39, 0.29) is 17.8 Å². The number of hydrogen-bond acceptors (Lipinski definition) is 4. The van der Waals surface area contributed by atoms with Crippen LogP contribution in [0.2, 0.25) is 0 Å². The van der Waals surface area contributed by atoms with E-state index in [2.05, 4.69) is 28.9 Å². The molecular weight excluding hydrogens is 386 g/mol. The number of fused-ring (bicyclic) bond motifs is 5. The van der Waals surface area contributed by atoms with Crippen molar-refractivity contribution in [2.75, 3.05) is 0 Å². The average Bonchev–Trinajstić information content (AvgIpc) is 3.34. The topological polar surface area (TPSA) is 63.8 Å². The molecule has 4 fully saturated rings. The quantitative estimate of drug-likeness (QED) is 0.729. The van der Waals surface area contributed by atoms with Gasteiger partial charge >= 0.3 is 0 Å². The first kappa shape index (κ1) is 20.5. The second-order valence-corrected chi connectivity index (χ2v) is 10.9. The highest BCUT2D eigenvalue weighted by Crippen LogP contribution is 2.65. The molecule has 1 aromatic rings. The van der Waals surface area contributed by atoms with Crippen molar-refractivity contribution in [3.63, 3.8) is 0 Å². The Morgan fingerprint density at radius 2 is 1.93 bits per heavy atom. The van der Waals surface area contributed by atoms with Gasteiger partial charge in [0.15, 0.2) is 6.33 Å². The van der Waals surface area contributed by atoms with Gasteiger partial charge in [0, 0.05) is 0 Å². The molecule has 4 aliphatic carbocycles. The number of rotatable bonds is 4. The van der Waals surface area contributed by atoms with E-state index in [0.717, 1.165) is 19.3 Å². The summed E-state index contributed by atoms with van der Waals surface area (Å²) in [5, 5.41) is 22.4. The molecule has 0 bridgehead atoms. The highest BCUT2D eigenvalue weighted by Gasteiger charge is 2.58. The molecule has 4 saturated carbocycles. The third-order valence-corrected chi connectivity index (χ3v) is 9.68. The van der Waals surface area contributed by atoms with Crippen LogP contribution in [0.25, 0.3) is 0 Å². The second kappa shape index (κ2) is 7.35. The van der Waals surface area contributed by atoms with Gasteiger partial charge < -0.3 is 5.11 Å². The van der Waals surface area contributed by atoms with Gasteiger partial charge in [0.1, 0.15) is 5.60 Å². The fourth-order valence-electron chi connectivity index (χ4n) is 8.33. The lowest BCUT2D eigenvalue weighted by Crippen LogP contribution is -2.52. The van der Waals surface area contributed by atoms with E-state index in [0.29, 0.717) is 42.6 Å². The van der Waals surface area contributed by atoms with Crippen molar-refractivity contribution in [3.8, 4) is 0 Å². The lowest BCUT2D eigenvalue weighted by Gasteiger charge is -2.57. The minimum atomic E-state index is -2.62. The van der Waals surface area contributed by atoms with Gasteiger partial charge in [-0.15, -0.1) is 10.2 Å². The van der Waals surface area contributed by atoms with Crippen LogP contribution in [-0.4, -0.2) is 37.3 Å². The number of halogens is 2. The summed E-state index contributed by atoms with van der Waals surface area (Å²) in [6.07, 6.45) is 7.12. The Labute approximate surface area is 177 Å². The van der Waals surface area contributed by atoms with Crippen LogP contribution >= 0.6 is 0 Å². The number of alkyl halides is 2. The number of aliphatic hydroxyl groups is 1. The minimum absolute atomic E-state index is 0.265. The van der Waals surface area contributed by atoms with Crippen LogP contribution < -0.4 is 0 Å². The fraction of sp³-hybridized carbons (Fsp3) is 0.870. The van der Waals surface area contributed by atoms with Crippen molar-refractivity contribution >= 4 is 0 Å². The normalized spacial score (nSPS) is 45.6. The molecule has 5 nitrogen and oxygen atoms in total. The molecule has 4 aliphatic rings. The van der Waals surface area contributed by atoms with Crippen molar-refractivity contribution in [1.29, 1.82) is 0 Å². The van der Waals surface area contributed by atoms with E-state index in [1.807, 2.05) is 0 Å². The zero-order chi connectivity index (χ0) is 21.1. The summed E-state index contributed by atoms with van der Waals surface area (Å²) >= 11 is 0. The molecule has 0 spiro atoms. The van der Waals surface area contributed by atoms with E-state index < -0.39 is 12.0 Å². The molecule has 1 heterocycles. The molecule has 0 amide bonds. The van der Waals surface area contributed by atoms with Crippen LogP contribution in [-0.2, 0) is 6.54 Å². The minimum Gasteiger partial charge on any atom is -0.384 e. The number of allylic oxidation sites excluding steroid dienone is 1. The van der Waals surface area contributed by atoms with E-state index >= 15 is 0 Å². The Morgan fingerprint density at radius 1 is 1.13 bits per heavy atom. The third-order valence-electron chi connectivity index (χ3n) is 9.68. The van der Waals surface area contributed by atoms with Crippen molar-refractivity contribution in [2.24, 2.45) is 40.9 Å². The summed E-state index contributed by atoms with van der Waals surface area (Å²) in [7, 11) is 0. The molecule has 1 aromatic heterocycles. The highest BCUT2D eigenvalue weighted by molar-refractivity contribution is 5.15. The van der Waals surface area contributed by atoms with E-state index in [9.17, 15) is 13.9 Å². The van der Waals surface area contributed by atoms with Crippen molar-refractivity contribution in [1.82, 2.24) is 20.2 Å². The lowest BCUT2D eigenvalue weighted by atomic mass is 9.48. The Balaban J connectivity index is 1.30. The van der Waals surface area contributed by atoms with Gasteiger partial charge in [0.05, 0.1) is 6.54 Å². The summed E-state index contributed by atoms with van der Waals surface area (Å²) in [5.41, 5.74) is -0.267. The molecule has 1 N–H and O–H groups in total. The monoisotopic (exact) mass is 420 g/mol. The van der Waals surface area contributed by atoms with Crippen molar-refractivity contribution in [3.05, 3.63) is 18.5 Å². The van der Waals surface area contributed by atoms with E-state index in [1.165, 1.54) is 37.6 Å². The van der Waals surface area contributed by atoms with Gasteiger partial charge in [-0.3, -0.25) is 0 Å². The first-order valence-corrected chi connectivity index (χ1v) is 11.7. The Kier molecular flexibility index (Phi) is 5.03. The number of hydrogen-bond donors (Lipinski definition) is 1. The molecule has 0 aromatic carbocycles. The Morgan fingerprint density at radius 3 is 2.67 bits per heavy atom. The van der Waals surface area contributed by atoms with Crippen LogP contribution in [0.1, 0.15) is 64.7 Å². The SMILES string of the molecule is C=C(Cn1ncnn1)[C@H]1CC[C@H]2[C@@H]3CC[C@@H]4C[C@](O)(C(F)F)CC[C@@H]4[C@H]3CC[C@]12C. The van der Waals surface area contributed by atoms with Gasteiger partial charge in [-0.05, 0) is 104 Å². The second-order valence-electron chi connectivity index (χ2n) is 10.9. The summed E-state index contributed by atoms with van der Waals surface area (Å²) in [5.74, 6) is 3.32. The summed E-state index contributed by atoms with van der Waals surface area (Å²) in [6.45, 7) is 7.53. The molecular formula is C23H34F2N4O. The highest BCUT2D eigenvalue weighted by atomic mass is 19.3. The molecule has 166 valence electrons. The number of nitrogens with zero attached hydrogens (tertiary/aromatic N) is 4.